The molecule has 0 spiro atoms. The van der Waals surface area contributed by atoms with E-state index in [0.717, 1.165) is 17.7 Å². The molecule has 0 saturated heterocycles. The standard InChI is InChI=1S/C19H19ClF3N3O2/c1-26(10-16(27)24-9-8-12-2-4-13(20)5-3-12)11-17(28)25-15-7-6-14(21)18(22)19(15)23/h2-7H,8-11H2,1H3,(H,24,27)(H,25,28)/p+1. The molecule has 5 nitrogen and oxygen atoms in total. The molecule has 3 N–H and O–H groups in total. The number of carbonyl (C=O) groups is 2. The highest BCUT2D eigenvalue weighted by molar-refractivity contribution is 6.30. The van der Waals surface area contributed by atoms with Gasteiger partial charge in [0.15, 0.2) is 30.5 Å². The summed E-state index contributed by atoms with van der Waals surface area (Å²) in [4.78, 5) is 24.4. The summed E-state index contributed by atoms with van der Waals surface area (Å²) < 4.78 is 39.6. The maximum atomic E-state index is 13.6. The third-order valence-electron chi connectivity index (χ3n) is 3.88. The smallest absolute Gasteiger partial charge is 0.279 e. The summed E-state index contributed by atoms with van der Waals surface area (Å²) in [6.45, 7) is 0.303. The lowest BCUT2D eigenvalue weighted by Crippen LogP contribution is -3.11. The molecule has 0 saturated carbocycles. The second-order valence-electron chi connectivity index (χ2n) is 6.31. The fraction of sp³-hybridized carbons (Fsp3) is 0.263. The topological polar surface area (TPSA) is 62.6 Å². The van der Waals surface area contributed by atoms with E-state index in [2.05, 4.69) is 10.6 Å². The molecule has 0 aliphatic heterocycles. The number of nitrogens with one attached hydrogen (secondary N) is 3. The van der Waals surface area contributed by atoms with Crippen LogP contribution in [0.3, 0.4) is 0 Å². The van der Waals surface area contributed by atoms with Gasteiger partial charge in [-0.1, -0.05) is 23.7 Å². The number of hydrogen-bond donors (Lipinski definition) is 3. The summed E-state index contributed by atoms with van der Waals surface area (Å²) in [5.41, 5.74) is 0.572. The monoisotopic (exact) mass is 414 g/mol. The largest absolute Gasteiger partial charge is 0.351 e. The van der Waals surface area contributed by atoms with Gasteiger partial charge in [0.25, 0.3) is 11.8 Å². The molecule has 0 heterocycles. The first kappa shape index (κ1) is 21.7. The molecule has 150 valence electrons. The third-order valence-corrected chi connectivity index (χ3v) is 4.14. The lowest BCUT2D eigenvalue weighted by atomic mass is 10.1. The van der Waals surface area contributed by atoms with Gasteiger partial charge < -0.3 is 15.5 Å². The van der Waals surface area contributed by atoms with Gasteiger partial charge in [-0.05, 0) is 36.2 Å². The average Bonchev–Trinajstić information content (AvgIpc) is 2.63. The molecule has 9 heteroatoms. The average molecular weight is 415 g/mol. The van der Waals surface area contributed by atoms with Crippen molar-refractivity contribution < 1.29 is 27.7 Å². The molecular weight excluding hydrogens is 395 g/mol. The lowest BCUT2D eigenvalue weighted by molar-refractivity contribution is -0.862. The quantitative estimate of drug-likeness (QED) is 0.574. The summed E-state index contributed by atoms with van der Waals surface area (Å²) >= 11 is 5.81. The molecule has 2 rings (SSSR count). The number of rotatable bonds is 8. The molecule has 0 aliphatic rings. The highest BCUT2D eigenvalue weighted by atomic mass is 35.5. The van der Waals surface area contributed by atoms with E-state index in [0.29, 0.717) is 22.9 Å². The van der Waals surface area contributed by atoms with E-state index in [9.17, 15) is 22.8 Å². The van der Waals surface area contributed by atoms with E-state index < -0.39 is 29.0 Å². The highest BCUT2D eigenvalue weighted by Crippen LogP contribution is 2.19. The van der Waals surface area contributed by atoms with Gasteiger partial charge in [-0.15, -0.1) is 0 Å². The Morgan fingerprint density at radius 2 is 1.61 bits per heavy atom. The fourth-order valence-corrected chi connectivity index (χ4v) is 2.61. The van der Waals surface area contributed by atoms with E-state index in [1.807, 2.05) is 12.1 Å². The first-order valence-electron chi connectivity index (χ1n) is 8.52. The molecule has 0 aromatic heterocycles. The summed E-state index contributed by atoms with van der Waals surface area (Å²) in [7, 11) is 1.61. The minimum absolute atomic E-state index is 0.0221. The lowest BCUT2D eigenvalue weighted by Gasteiger charge is -2.14. The minimum atomic E-state index is -1.65. The van der Waals surface area contributed by atoms with Gasteiger partial charge in [0.2, 0.25) is 0 Å². The van der Waals surface area contributed by atoms with Gasteiger partial charge in [0.1, 0.15) is 0 Å². The van der Waals surface area contributed by atoms with Crippen molar-refractivity contribution >= 4 is 29.1 Å². The van der Waals surface area contributed by atoms with Gasteiger partial charge in [0, 0.05) is 11.6 Å². The molecule has 0 fully saturated rings. The number of anilines is 1. The van der Waals surface area contributed by atoms with Gasteiger partial charge in [-0.2, -0.15) is 0 Å². The van der Waals surface area contributed by atoms with Crippen LogP contribution in [0, 0.1) is 17.5 Å². The maximum Gasteiger partial charge on any atom is 0.279 e. The fourth-order valence-electron chi connectivity index (χ4n) is 2.49. The first-order valence-corrected chi connectivity index (χ1v) is 8.90. The number of hydrogen-bond acceptors (Lipinski definition) is 2. The Kier molecular flexibility index (Phi) is 7.83. The molecule has 1 unspecified atom stereocenters. The van der Waals surface area contributed by atoms with Gasteiger partial charge in [-0.25, -0.2) is 13.2 Å². The molecule has 0 radical (unpaired) electrons. The minimum Gasteiger partial charge on any atom is -0.351 e. The zero-order valence-electron chi connectivity index (χ0n) is 15.1. The van der Waals surface area contributed by atoms with Crippen LogP contribution in [0.15, 0.2) is 36.4 Å². The van der Waals surface area contributed by atoms with E-state index in [4.69, 9.17) is 11.6 Å². The maximum absolute atomic E-state index is 13.6. The van der Waals surface area contributed by atoms with Crippen molar-refractivity contribution in [2.24, 2.45) is 0 Å². The van der Waals surface area contributed by atoms with Crippen LogP contribution in [0.5, 0.6) is 0 Å². The normalized spacial score (nSPS) is 11.8. The van der Waals surface area contributed by atoms with E-state index >= 15 is 0 Å². The second-order valence-corrected chi connectivity index (χ2v) is 6.74. The number of carbonyl (C=O) groups excluding carboxylic acids is 2. The summed E-state index contributed by atoms with van der Waals surface area (Å²) in [6.07, 6.45) is 0.637. The Bertz CT molecular complexity index is 847. The number of benzene rings is 2. The van der Waals surface area contributed by atoms with Crippen molar-refractivity contribution in [3.8, 4) is 0 Å². The number of likely N-dealkylation sites (N-methyl/N-ethyl adjacent to an activating group) is 1. The van der Waals surface area contributed by atoms with Crippen LogP contribution in [0.25, 0.3) is 0 Å². The molecule has 2 aromatic rings. The number of amides is 2. The predicted molar refractivity (Wildman–Crippen MR) is 99.7 cm³/mol. The Morgan fingerprint density at radius 3 is 2.29 bits per heavy atom. The Labute approximate surface area is 165 Å². The van der Waals surface area contributed by atoms with Crippen molar-refractivity contribution in [2.45, 2.75) is 6.42 Å². The second kappa shape index (κ2) is 10.1. The molecule has 0 bridgehead atoms. The van der Waals surface area contributed by atoms with E-state index in [1.165, 1.54) is 0 Å². The van der Waals surface area contributed by atoms with Crippen LogP contribution >= 0.6 is 11.6 Å². The van der Waals surface area contributed by atoms with E-state index in [-0.39, 0.29) is 19.0 Å². The van der Waals surface area contributed by atoms with Crippen LogP contribution in [0.2, 0.25) is 5.02 Å². The summed E-state index contributed by atoms with van der Waals surface area (Å²) in [5.74, 6) is -5.34. The number of quaternary nitrogens is 1. The van der Waals surface area contributed by atoms with Crippen LogP contribution < -0.4 is 15.5 Å². The van der Waals surface area contributed by atoms with E-state index in [1.54, 1.807) is 19.2 Å². The number of halogens is 4. The Hall–Kier alpha value is -2.58. The van der Waals surface area contributed by atoms with Crippen molar-refractivity contribution in [3.05, 3.63) is 64.4 Å². The first-order chi connectivity index (χ1) is 13.3. The molecule has 2 amide bonds. The highest BCUT2D eigenvalue weighted by Gasteiger charge is 2.18. The van der Waals surface area contributed by atoms with Gasteiger partial charge >= 0.3 is 0 Å². The van der Waals surface area contributed by atoms with Crippen LogP contribution in [0.1, 0.15) is 5.56 Å². The zero-order chi connectivity index (χ0) is 20.7. The zero-order valence-corrected chi connectivity index (χ0v) is 15.9. The molecule has 28 heavy (non-hydrogen) atoms. The molecule has 2 aromatic carbocycles. The van der Waals surface area contributed by atoms with Crippen LogP contribution in [-0.4, -0.2) is 38.5 Å². The third kappa shape index (κ3) is 6.54. The van der Waals surface area contributed by atoms with Gasteiger partial charge in [-0.3, -0.25) is 9.59 Å². The van der Waals surface area contributed by atoms with Crippen LogP contribution in [-0.2, 0) is 16.0 Å². The van der Waals surface area contributed by atoms with Crippen molar-refractivity contribution in [3.63, 3.8) is 0 Å². The molecular formula is C19H20ClF3N3O2+. The van der Waals surface area contributed by atoms with Crippen LogP contribution in [0.4, 0.5) is 18.9 Å². The van der Waals surface area contributed by atoms with Crippen molar-refractivity contribution in [1.82, 2.24) is 5.32 Å². The Morgan fingerprint density at radius 1 is 0.964 bits per heavy atom. The summed E-state index contributed by atoms with van der Waals surface area (Å²) in [5, 5.41) is 5.55. The SMILES string of the molecule is C[NH+](CC(=O)NCCc1ccc(Cl)cc1)CC(=O)Nc1ccc(F)c(F)c1F. The predicted octanol–water partition coefficient (Wildman–Crippen LogP) is 1.57. The van der Waals surface area contributed by atoms with Gasteiger partial charge in [0.05, 0.1) is 12.7 Å². The summed E-state index contributed by atoms with van der Waals surface area (Å²) in [6, 6.07) is 8.93. The van der Waals surface area contributed by atoms with Crippen molar-refractivity contribution in [2.75, 3.05) is 32.0 Å². The Balaban J connectivity index is 1.74. The van der Waals surface area contributed by atoms with Crippen molar-refractivity contribution in [1.29, 1.82) is 0 Å². The molecule has 1 atom stereocenters. The molecule has 0 aliphatic carbocycles.